The first kappa shape index (κ1) is 29.5. The van der Waals surface area contributed by atoms with Gasteiger partial charge in [-0.1, -0.05) is 125 Å². The normalized spacial score (nSPS) is 14.7. The molecule has 1 aromatic heterocycles. The number of rotatable bonds is 4. The van der Waals surface area contributed by atoms with Crippen molar-refractivity contribution < 1.29 is 0 Å². The van der Waals surface area contributed by atoms with Gasteiger partial charge >= 0.3 is 0 Å². The van der Waals surface area contributed by atoms with Crippen LogP contribution >= 0.6 is 11.3 Å². The second kappa shape index (κ2) is 10.5. The molecule has 1 heterocycles. The molecule has 2 heteroatoms. The number of anilines is 3. The topological polar surface area (TPSA) is 3.24 Å². The Hall–Kier alpha value is -5.44. The molecule has 1 nitrogen and oxygen atoms in total. The Morgan fingerprint density at radius 1 is 0.380 bits per heavy atom. The molecule has 10 rings (SSSR count). The van der Waals surface area contributed by atoms with E-state index in [1.54, 1.807) is 0 Å². The third kappa shape index (κ3) is 4.18. The van der Waals surface area contributed by atoms with E-state index in [0.29, 0.717) is 0 Å². The summed E-state index contributed by atoms with van der Waals surface area (Å²) in [7, 11) is 0. The molecular weight excluding hydrogens is 623 g/mol. The minimum Gasteiger partial charge on any atom is -0.310 e. The summed E-state index contributed by atoms with van der Waals surface area (Å²) in [5.41, 5.74) is 16.7. The van der Waals surface area contributed by atoms with E-state index >= 15 is 0 Å². The van der Waals surface area contributed by atoms with Gasteiger partial charge in [-0.25, -0.2) is 0 Å². The lowest BCUT2D eigenvalue weighted by Crippen LogP contribution is -2.17. The van der Waals surface area contributed by atoms with Gasteiger partial charge in [0.15, 0.2) is 0 Å². The Morgan fingerprint density at radius 2 is 0.960 bits per heavy atom. The molecule has 0 atom stereocenters. The lowest BCUT2D eigenvalue weighted by Gasteiger charge is -2.29. The molecule has 0 N–H and O–H groups in total. The van der Waals surface area contributed by atoms with Crippen LogP contribution in [-0.2, 0) is 10.8 Å². The molecule has 240 valence electrons. The second-order valence-corrected chi connectivity index (χ2v) is 16.1. The standard InChI is InChI=1S/C48H37NS/c1-47(2)42-18-9-6-15-36(42)39-28-33(22-24-43(39)47)49(34-21-23-37-35-14-5-8-17-41(35)48(3,4)44(37)29-34)32-13-11-12-30(26-32)31-20-25-46-40(27-31)38-16-7-10-19-45(38)50-46/h5-29H,1-4H3. The molecule has 2 aliphatic rings. The molecule has 0 spiro atoms. The van der Waals surface area contributed by atoms with Gasteiger partial charge in [-0.05, 0) is 110 Å². The van der Waals surface area contributed by atoms with E-state index in [9.17, 15) is 0 Å². The highest BCUT2D eigenvalue weighted by molar-refractivity contribution is 7.25. The molecule has 7 aromatic carbocycles. The van der Waals surface area contributed by atoms with Crippen molar-refractivity contribution in [2.45, 2.75) is 38.5 Å². The summed E-state index contributed by atoms with van der Waals surface area (Å²) in [5.74, 6) is 0. The van der Waals surface area contributed by atoms with Crippen LogP contribution in [0.1, 0.15) is 49.9 Å². The van der Waals surface area contributed by atoms with Crippen molar-refractivity contribution in [3.8, 4) is 33.4 Å². The largest absolute Gasteiger partial charge is 0.310 e. The van der Waals surface area contributed by atoms with Crippen molar-refractivity contribution in [1.82, 2.24) is 0 Å². The predicted octanol–water partition coefficient (Wildman–Crippen LogP) is 13.8. The predicted molar refractivity (Wildman–Crippen MR) is 215 cm³/mol. The summed E-state index contributed by atoms with van der Waals surface area (Å²) in [6.45, 7) is 9.44. The number of thiophene rings is 1. The van der Waals surface area contributed by atoms with Gasteiger partial charge in [0.2, 0.25) is 0 Å². The summed E-state index contributed by atoms with van der Waals surface area (Å²) in [6.07, 6.45) is 0. The van der Waals surface area contributed by atoms with Gasteiger partial charge < -0.3 is 4.90 Å². The van der Waals surface area contributed by atoms with Gasteiger partial charge in [0.05, 0.1) is 0 Å². The van der Waals surface area contributed by atoms with Gasteiger partial charge in [-0.3, -0.25) is 0 Å². The molecule has 8 aromatic rings. The maximum atomic E-state index is 2.47. The van der Waals surface area contributed by atoms with E-state index < -0.39 is 0 Å². The Balaban J connectivity index is 1.16. The van der Waals surface area contributed by atoms with E-state index in [0.717, 1.165) is 5.69 Å². The first-order valence-electron chi connectivity index (χ1n) is 17.6. The first-order valence-corrected chi connectivity index (χ1v) is 18.4. The fourth-order valence-electron chi connectivity index (χ4n) is 8.86. The van der Waals surface area contributed by atoms with Crippen LogP contribution in [0.3, 0.4) is 0 Å². The molecule has 2 aliphatic carbocycles. The second-order valence-electron chi connectivity index (χ2n) is 15.0. The van der Waals surface area contributed by atoms with Gasteiger partial charge in [0, 0.05) is 48.1 Å². The molecule has 0 fully saturated rings. The molecule has 50 heavy (non-hydrogen) atoms. The monoisotopic (exact) mass is 659 g/mol. The molecule has 0 radical (unpaired) electrons. The van der Waals surface area contributed by atoms with E-state index in [-0.39, 0.29) is 10.8 Å². The number of benzene rings is 7. The van der Waals surface area contributed by atoms with Crippen LogP contribution in [0, 0.1) is 0 Å². The Bertz CT molecular complexity index is 2670. The maximum Gasteiger partial charge on any atom is 0.0468 e. The van der Waals surface area contributed by atoms with E-state index in [1.165, 1.54) is 87.2 Å². The molecule has 0 saturated heterocycles. The lowest BCUT2D eigenvalue weighted by molar-refractivity contribution is 0.660. The van der Waals surface area contributed by atoms with Crippen LogP contribution in [0.2, 0.25) is 0 Å². The molecular formula is C48H37NS. The Labute approximate surface area is 298 Å². The number of fused-ring (bicyclic) bond motifs is 9. The lowest BCUT2D eigenvalue weighted by atomic mass is 9.82. The fraction of sp³-hybridized carbons (Fsp3) is 0.125. The zero-order valence-electron chi connectivity index (χ0n) is 28.8. The zero-order chi connectivity index (χ0) is 33.8. The van der Waals surface area contributed by atoms with Crippen LogP contribution in [-0.4, -0.2) is 0 Å². The van der Waals surface area contributed by atoms with Crippen LogP contribution in [0.25, 0.3) is 53.6 Å². The minimum atomic E-state index is -0.0882. The molecule has 0 saturated carbocycles. The summed E-state index contributed by atoms with van der Waals surface area (Å²) in [6, 6.07) is 56.9. The number of hydrogen-bond donors (Lipinski definition) is 0. The quantitative estimate of drug-likeness (QED) is 0.182. The summed E-state index contributed by atoms with van der Waals surface area (Å²) in [5, 5.41) is 2.65. The summed E-state index contributed by atoms with van der Waals surface area (Å²) < 4.78 is 2.67. The smallest absolute Gasteiger partial charge is 0.0468 e. The molecule has 0 bridgehead atoms. The third-order valence-corrected chi connectivity index (χ3v) is 12.6. The van der Waals surface area contributed by atoms with Gasteiger partial charge in [0.1, 0.15) is 0 Å². The van der Waals surface area contributed by atoms with Gasteiger partial charge in [-0.15, -0.1) is 11.3 Å². The van der Waals surface area contributed by atoms with Gasteiger partial charge in [0.25, 0.3) is 0 Å². The van der Waals surface area contributed by atoms with E-state index in [1.807, 2.05) is 11.3 Å². The number of hydrogen-bond acceptors (Lipinski definition) is 2. The SMILES string of the molecule is CC1(C)c2ccccc2-c2cc(N(c3cccc(-c4ccc5sc6ccccc6c5c4)c3)c3ccc4c(c3)C(C)(C)c3ccccc3-4)ccc21. The van der Waals surface area contributed by atoms with Crippen LogP contribution in [0.4, 0.5) is 17.1 Å². The molecule has 0 aliphatic heterocycles. The van der Waals surface area contributed by atoms with E-state index in [4.69, 9.17) is 0 Å². The van der Waals surface area contributed by atoms with Crippen molar-refractivity contribution in [3.05, 3.63) is 174 Å². The summed E-state index contributed by atoms with van der Waals surface area (Å²) in [4.78, 5) is 2.47. The van der Waals surface area contributed by atoms with Crippen molar-refractivity contribution in [3.63, 3.8) is 0 Å². The highest BCUT2D eigenvalue weighted by Crippen LogP contribution is 2.53. The molecule has 0 unspecified atom stereocenters. The molecule has 0 amide bonds. The van der Waals surface area contributed by atoms with Crippen LogP contribution in [0.15, 0.2) is 152 Å². The van der Waals surface area contributed by atoms with Crippen molar-refractivity contribution in [1.29, 1.82) is 0 Å². The average Bonchev–Trinajstić information content (AvgIpc) is 3.71. The van der Waals surface area contributed by atoms with E-state index in [2.05, 4.69) is 184 Å². The maximum absolute atomic E-state index is 2.47. The van der Waals surface area contributed by atoms with Crippen molar-refractivity contribution in [2.75, 3.05) is 4.90 Å². The third-order valence-electron chi connectivity index (χ3n) is 11.5. The minimum absolute atomic E-state index is 0.0386. The number of nitrogens with zero attached hydrogens (tertiary/aromatic N) is 1. The highest BCUT2D eigenvalue weighted by atomic mass is 32.1. The van der Waals surface area contributed by atoms with Gasteiger partial charge in [-0.2, -0.15) is 0 Å². The first-order chi connectivity index (χ1) is 24.3. The fourth-order valence-corrected chi connectivity index (χ4v) is 9.94. The Morgan fingerprint density at radius 3 is 1.78 bits per heavy atom. The van der Waals surface area contributed by atoms with Crippen molar-refractivity contribution in [2.24, 2.45) is 0 Å². The summed E-state index contributed by atoms with van der Waals surface area (Å²) >= 11 is 1.87. The highest BCUT2D eigenvalue weighted by Gasteiger charge is 2.37. The van der Waals surface area contributed by atoms with Crippen LogP contribution < -0.4 is 4.90 Å². The zero-order valence-corrected chi connectivity index (χ0v) is 29.6. The van der Waals surface area contributed by atoms with Crippen LogP contribution in [0.5, 0.6) is 0 Å². The van der Waals surface area contributed by atoms with Crippen molar-refractivity contribution >= 4 is 48.6 Å². The average molecular weight is 660 g/mol. The Kier molecular flexibility index (Phi) is 6.21.